The molecule has 8 heteroatoms. The van der Waals surface area contributed by atoms with E-state index in [0.717, 1.165) is 11.1 Å². The van der Waals surface area contributed by atoms with Crippen LogP contribution in [0.1, 0.15) is 13.3 Å². The predicted molar refractivity (Wildman–Crippen MR) is 108 cm³/mol. The number of hydrogen-bond acceptors (Lipinski definition) is 4. The molecule has 2 aromatic heterocycles. The fourth-order valence-electron chi connectivity index (χ4n) is 2.70. The standard InChI is InChI=1S/C19H20N4O3S/c1-3-8-27(25,26)23-17-12-21-19-16(17)10-14(11-20-19)13-6-5-7-15(9-13)22-18(24)4-2/h4-7,9-12,23H,2-3,8H2,1H3,(H,20,21)(H,22,24). The molecular weight excluding hydrogens is 364 g/mol. The van der Waals surface area contributed by atoms with Gasteiger partial charge in [-0.15, -0.1) is 0 Å². The van der Waals surface area contributed by atoms with Crippen molar-refractivity contribution >= 4 is 38.3 Å². The molecule has 3 rings (SSSR count). The number of carbonyl (C=O) groups excluding carboxylic acids is 1. The summed E-state index contributed by atoms with van der Waals surface area (Å²) >= 11 is 0. The second-order valence-corrected chi connectivity index (χ2v) is 7.86. The Hall–Kier alpha value is -3.13. The third-order valence-electron chi connectivity index (χ3n) is 3.92. The summed E-state index contributed by atoms with van der Waals surface area (Å²) in [6.07, 6.45) is 5.02. The summed E-state index contributed by atoms with van der Waals surface area (Å²) < 4.78 is 26.8. The van der Waals surface area contributed by atoms with Crippen molar-refractivity contribution < 1.29 is 13.2 Å². The highest BCUT2D eigenvalue weighted by atomic mass is 32.2. The van der Waals surface area contributed by atoms with Crippen LogP contribution in [-0.4, -0.2) is 30.0 Å². The van der Waals surface area contributed by atoms with Gasteiger partial charge < -0.3 is 10.3 Å². The molecule has 3 N–H and O–H groups in total. The highest BCUT2D eigenvalue weighted by Gasteiger charge is 2.14. The smallest absolute Gasteiger partial charge is 0.247 e. The molecule has 0 bridgehead atoms. The van der Waals surface area contributed by atoms with Crippen LogP contribution < -0.4 is 10.0 Å². The van der Waals surface area contributed by atoms with Gasteiger partial charge in [0.2, 0.25) is 15.9 Å². The fraction of sp³-hybridized carbons (Fsp3) is 0.158. The molecule has 0 aliphatic carbocycles. The number of amides is 1. The van der Waals surface area contributed by atoms with Crippen molar-refractivity contribution in [2.45, 2.75) is 13.3 Å². The van der Waals surface area contributed by atoms with E-state index in [1.54, 1.807) is 18.5 Å². The number of aromatic amines is 1. The van der Waals surface area contributed by atoms with Gasteiger partial charge >= 0.3 is 0 Å². The predicted octanol–water partition coefficient (Wildman–Crippen LogP) is 3.51. The number of hydrogen-bond donors (Lipinski definition) is 3. The minimum atomic E-state index is -3.40. The van der Waals surface area contributed by atoms with Gasteiger partial charge in [-0.1, -0.05) is 25.6 Å². The Balaban J connectivity index is 1.97. The summed E-state index contributed by atoms with van der Waals surface area (Å²) in [6.45, 7) is 5.25. The Kier molecular flexibility index (Phi) is 5.27. The van der Waals surface area contributed by atoms with Crippen molar-refractivity contribution in [2.75, 3.05) is 15.8 Å². The van der Waals surface area contributed by atoms with Crippen LogP contribution in [0.2, 0.25) is 0 Å². The van der Waals surface area contributed by atoms with Crippen molar-refractivity contribution in [3.63, 3.8) is 0 Å². The van der Waals surface area contributed by atoms with Crippen molar-refractivity contribution in [1.82, 2.24) is 9.97 Å². The first kappa shape index (κ1) is 18.7. The van der Waals surface area contributed by atoms with E-state index in [2.05, 4.69) is 26.6 Å². The number of sulfonamides is 1. The maximum atomic E-state index is 12.1. The molecule has 0 unspecified atom stereocenters. The molecule has 0 spiro atoms. The second kappa shape index (κ2) is 7.63. The molecule has 0 atom stereocenters. The van der Waals surface area contributed by atoms with Crippen LogP contribution in [-0.2, 0) is 14.8 Å². The van der Waals surface area contributed by atoms with E-state index in [9.17, 15) is 13.2 Å². The van der Waals surface area contributed by atoms with Gasteiger partial charge in [-0.25, -0.2) is 13.4 Å². The van der Waals surface area contributed by atoms with Gasteiger partial charge in [-0.05, 0) is 36.3 Å². The number of fused-ring (bicyclic) bond motifs is 1. The number of anilines is 2. The van der Waals surface area contributed by atoms with Crippen LogP contribution in [0, 0.1) is 0 Å². The summed E-state index contributed by atoms with van der Waals surface area (Å²) in [5.74, 6) is -0.239. The fourth-order valence-corrected chi connectivity index (χ4v) is 3.85. The van der Waals surface area contributed by atoms with Gasteiger partial charge in [0.05, 0.1) is 11.4 Å². The molecule has 0 saturated carbocycles. The third kappa shape index (κ3) is 4.35. The van der Waals surface area contributed by atoms with Gasteiger partial charge in [0.1, 0.15) is 5.65 Å². The quantitative estimate of drug-likeness (QED) is 0.542. The van der Waals surface area contributed by atoms with Crippen molar-refractivity contribution in [3.8, 4) is 11.1 Å². The van der Waals surface area contributed by atoms with Crippen LogP contribution in [0.4, 0.5) is 11.4 Å². The van der Waals surface area contributed by atoms with Crippen LogP contribution in [0.25, 0.3) is 22.2 Å². The first-order valence-electron chi connectivity index (χ1n) is 8.43. The molecule has 0 aliphatic rings. The molecule has 0 aliphatic heterocycles. The van der Waals surface area contributed by atoms with Crippen molar-refractivity contribution in [3.05, 3.63) is 55.4 Å². The number of pyridine rings is 1. The van der Waals surface area contributed by atoms with Crippen molar-refractivity contribution in [1.29, 1.82) is 0 Å². The third-order valence-corrected chi connectivity index (χ3v) is 5.39. The lowest BCUT2D eigenvalue weighted by atomic mass is 10.1. The number of nitrogens with one attached hydrogen (secondary N) is 3. The zero-order valence-corrected chi connectivity index (χ0v) is 15.6. The molecule has 2 heterocycles. The first-order valence-corrected chi connectivity index (χ1v) is 10.1. The van der Waals surface area contributed by atoms with Crippen LogP contribution in [0.15, 0.2) is 55.4 Å². The van der Waals surface area contributed by atoms with Crippen LogP contribution in [0.3, 0.4) is 0 Å². The van der Waals surface area contributed by atoms with Crippen LogP contribution in [0.5, 0.6) is 0 Å². The Morgan fingerprint density at radius 3 is 2.85 bits per heavy atom. The zero-order chi connectivity index (χ0) is 19.4. The lowest BCUT2D eigenvalue weighted by Crippen LogP contribution is -2.15. The average molecular weight is 384 g/mol. The highest BCUT2D eigenvalue weighted by Crippen LogP contribution is 2.29. The number of carbonyl (C=O) groups is 1. The zero-order valence-electron chi connectivity index (χ0n) is 14.8. The van der Waals surface area contributed by atoms with E-state index in [1.165, 1.54) is 6.08 Å². The summed E-state index contributed by atoms with van der Waals surface area (Å²) in [5.41, 5.74) is 3.32. The molecule has 0 saturated heterocycles. The molecule has 1 aromatic carbocycles. The van der Waals surface area contributed by atoms with E-state index in [4.69, 9.17) is 0 Å². The van der Waals surface area contributed by atoms with Gasteiger partial charge in [0, 0.05) is 29.0 Å². The molecule has 27 heavy (non-hydrogen) atoms. The highest BCUT2D eigenvalue weighted by molar-refractivity contribution is 7.92. The van der Waals surface area contributed by atoms with E-state index in [1.807, 2.05) is 31.2 Å². The van der Waals surface area contributed by atoms with E-state index in [-0.39, 0.29) is 11.7 Å². The Labute approximate surface area is 157 Å². The molecule has 0 fully saturated rings. The maximum Gasteiger partial charge on any atom is 0.247 e. The molecule has 3 aromatic rings. The Bertz CT molecular complexity index is 1100. The van der Waals surface area contributed by atoms with Gasteiger partial charge in [-0.3, -0.25) is 9.52 Å². The summed E-state index contributed by atoms with van der Waals surface area (Å²) in [4.78, 5) is 18.8. The Morgan fingerprint density at radius 1 is 1.30 bits per heavy atom. The van der Waals surface area contributed by atoms with Crippen LogP contribution >= 0.6 is 0 Å². The van der Waals surface area contributed by atoms with Crippen molar-refractivity contribution in [2.24, 2.45) is 0 Å². The molecule has 7 nitrogen and oxygen atoms in total. The normalized spacial score (nSPS) is 11.3. The number of H-pyrrole nitrogens is 1. The molecular formula is C19H20N4O3S. The molecule has 0 radical (unpaired) electrons. The number of nitrogens with zero attached hydrogens (tertiary/aromatic N) is 1. The van der Waals surface area contributed by atoms with Gasteiger partial charge in [0.15, 0.2) is 0 Å². The molecule has 140 valence electrons. The van der Waals surface area contributed by atoms with E-state index in [0.29, 0.717) is 28.8 Å². The van der Waals surface area contributed by atoms with Gasteiger partial charge in [-0.2, -0.15) is 0 Å². The Morgan fingerprint density at radius 2 is 2.11 bits per heavy atom. The SMILES string of the molecule is C=CC(=O)Nc1cccc(-c2cnc3[nH]cc(NS(=O)(=O)CCC)c3c2)c1. The molecule has 1 amide bonds. The monoisotopic (exact) mass is 384 g/mol. The second-order valence-electron chi connectivity index (χ2n) is 6.02. The maximum absolute atomic E-state index is 12.1. The average Bonchev–Trinajstić information content (AvgIpc) is 3.03. The largest absolute Gasteiger partial charge is 0.344 e. The number of benzene rings is 1. The first-order chi connectivity index (χ1) is 12.9. The topological polar surface area (TPSA) is 104 Å². The number of aromatic nitrogens is 2. The summed E-state index contributed by atoms with van der Waals surface area (Å²) in [7, 11) is -3.40. The minimum absolute atomic E-state index is 0.0534. The summed E-state index contributed by atoms with van der Waals surface area (Å²) in [5, 5.41) is 3.39. The lowest BCUT2D eigenvalue weighted by Gasteiger charge is -2.08. The number of rotatable bonds is 7. The minimum Gasteiger partial charge on any atom is -0.344 e. The summed E-state index contributed by atoms with van der Waals surface area (Å²) in [6, 6.07) is 9.16. The lowest BCUT2D eigenvalue weighted by molar-refractivity contribution is -0.111. The van der Waals surface area contributed by atoms with E-state index < -0.39 is 10.0 Å². The van der Waals surface area contributed by atoms with Gasteiger partial charge in [0.25, 0.3) is 0 Å². The van der Waals surface area contributed by atoms with E-state index >= 15 is 0 Å².